The second kappa shape index (κ2) is 8.26. The number of aromatic amines is 1. The Balaban J connectivity index is 2.74. The number of H-pyrrole nitrogens is 1. The molecule has 1 aromatic heterocycles. The number of carbonyl (C=O) groups is 2. The average molecular weight is 376 g/mol. The number of nitrogens with two attached hydrogens (primary N) is 1. The van der Waals surface area contributed by atoms with Gasteiger partial charge in [-0.05, 0) is 6.07 Å². The number of hydrogen-bond donors (Lipinski definition) is 3. The van der Waals surface area contributed by atoms with Crippen LogP contribution in [0.1, 0.15) is 33.8 Å². The monoisotopic (exact) mass is 376 g/mol. The van der Waals surface area contributed by atoms with Gasteiger partial charge in [-0.15, -0.1) is 0 Å². The summed E-state index contributed by atoms with van der Waals surface area (Å²) in [6.45, 7) is 0. The molecule has 27 heavy (non-hydrogen) atoms. The van der Waals surface area contributed by atoms with Crippen LogP contribution in [0.2, 0.25) is 0 Å². The normalized spacial score (nSPS) is 11.5. The van der Waals surface area contributed by atoms with Crippen molar-refractivity contribution in [3.63, 3.8) is 0 Å². The van der Waals surface area contributed by atoms with Crippen LogP contribution in [0.4, 0.5) is 0 Å². The maximum atomic E-state index is 12.4. The summed E-state index contributed by atoms with van der Waals surface area (Å²) in [4.78, 5) is 38.3. The van der Waals surface area contributed by atoms with Crippen molar-refractivity contribution in [2.24, 2.45) is 5.73 Å². The van der Waals surface area contributed by atoms with Crippen LogP contribution >= 0.6 is 0 Å². The summed E-state index contributed by atoms with van der Waals surface area (Å²) in [5.41, 5.74) is 4.65. The van der Waals surface area contributed by atoms with Crippen molar-refractivity contribution < 1.29 is 28.9 Å². The molecule has 1 heterocycles. The number of rotatable bonds is 7. The highest BCUT2D eigenvalue weighted by Crippen LogP contribution is 2.39. The Hall–Kier alpha value is -3.49. The largest absolute Gasteiger partial charge is 0.506 e. The third kappa shape index (κ3) is 4.02. The van der Waals surface area contributed by atoms with E-state index in [-0.39, 0.29) is 17.5 Å². The number of primary amides is 1. The van der Waals surface area contributed by atoms with Gasteiger partial charge in [-0.1, -0.05) is 6.07 Å². The molecule has 0 aliphatic rings. The molecule has 2 rings (SSSR count). The van der Waals surface area contributed by atoms with Crippen LogP contribution < -0.4 is 20.8 Å². The third-order valence-electron chi connectivity index (χ3n) is 4.08. The number of carbonyl (C=O) groups excluding carboxylic acids is 2. The lowest BCUT2D eigenvalue weighted by Crippen LogP contribution is -2.24. The molecule has 0 bridgehead atoms. The summed E-state index contributed by atoms with van der Waals surface area (Å²) < 4.78 is 15.1. The number of aromatic nitrogens is 1. The lowest BCUT2D eigenvalue weighted by molar-refractivity contribution is -0.118. The van der Waals surface area contributed by atoms with E-state index in [1.807, 2.05) is 0 Å². The van der Waals surface area contributed by atoms with Crippen LogP contribution in [0.25, 0.3) is 0 Å². The van der Waals surface area contributed by atoms with Crippen LogP contribution in [0.5, 0.6) is 17.2 Å². The van der Waals surface area contributed by atoms with Crippen molar-refractivity contribution in [2.45, 2.75) is 12.3 Å². The van der Waals surface area contributed by atoms with E-state index < -0.39 is 29.1 Å². The first kappa shape index (κ1) is 19.8. The molecule has 144 valence electrons. The zero-order chi connectivity index (χ0) is 20.1. The number of amides is 1. The maximum absolute atomic E-state index is 12.4. The first-order valence-electron chi connectivity index (χ1n) is 7.87. The van der Waals surface area contributed by atoms with Gasteiger partial charge in [0.15, 0.2) is 0 Å². The van der Waals surface area contributed by atoms with Gasteiger partial charge in [0, 0.05) is 30.2 Å². The second-order valence-corrected chi connectivity index (χ2v) is 5.62. The Bertz CT molecular complexity index is 920. The van der Waals surface area contributed by atoms with Gasteiger partial charge in [-0.3, -0.25) is 9.59 Å². The van der Waals surface area contributed by atoms with Crippen LogP contribution in [0, 0.1) is 0 Å². The Morgan fingerprint density at radius 3 is 2.48 bits per heavy atom. The minimum absolute atomic E-state index is 0.194. The molecule has 0 unspecified atom stereocenters. The Morgan fingerprint density at radius 1 is 1.22 bits per heavy atom. The van der Waals surface area contributed by atoms with E-state index in [0.29, 0.717) is 17.1 Å². The molecule has 1 atom stereocenters. The zero-order valence-electron chi connectivity index (χ0n) is 15.1. The number of methoxy groups -OCH3 is 3. The molecular weight excluding hydrogens is 356 g/mol. The number of esters is 1. The van der Waals surface area contributed by atoms with Crippen molar-refractivity contribution in [3.05, 3.63) is 51.4 Å². The molecule has 0 fully saturated rings. The van der Waals surface area contributed by atoms with Gasteiger partial charge in [0.25, 0.3) is 5.56 Å². The molecule has 9 nitrogen and oxygen atoms in total. The summed E-state index contributed by atoms with van der Waals surface area (Å²) in [7, 11) is 4.03. The summed E-state index contributed by atoms with van der Waals surface area (Å²) >= 11 is 0. The lowest BCUT2D eigenvalue weighted by atomic mass is 9.87. The molecule has 0 spiro atoms. The molecule has 2 aromatic rings. The smallest absolute Gasteiger partial charge is 0.343 e. The topological polar surface area (TPSA) is 141 Å². The molecule has 9 heteroatoms. The fraction of sp³-hybridized carbons (Fsp3) is 0.278. The second-order valence-electron chi connectivity index (χ2n) is 5.62. The molecule has 0 saturated heterocycles. The van der Waals surface area contributed by atoms with E-state index >= 15 is 0 Å². The lowest BCUT2D eigenvalue weighted by Gasteiger charge is -2.20. The number of pyridine rings is 1. The van der Waals surface area contributed by atoms with Gasteiger partial charge < -0.3 is 30.0 Å². The molecule has 1 amide bonds. The molecule has 0 aliphatic carbocycles. The summed E-state index contributed by atoms with van der Waals surface area (Å²) in [6, 6.07) is 4.77. The fourth-order valence-corrected chi connectivity index (χ4v) is 2.80. The van der Waals surface area contributed by atoms with Gasteiger partial charge >= 0.3 is 5.97 Å². The average Bonchev–Trinajstić information content (AvgIpc) is 2.65. The highest BCUT2D eigenvalue weighted by molar-refractivity contribution is 5.92. The number of hydrogen-bond acceptors (Lipinski definition) is 7. The van der Waals surface area contributed by atoms with Crippen LogP contribution in [-0.4, -0.2) is 43.3 Å². The number of benzene rings is 1. The molecule has 1 aromatic carbocycles. The van der Waals surface area contributed by atoms with E-state index in [9.17, 15) is 19.5 Å². The van der Waals surface area contributed by atoms with E-state index in [1.165, 1.54) is 14.2 Å². The van der Waals surface area contributed by atoms with Crippen LogP contribution in [0.15, 0.2) is 29.2 Å². The summed E-state index contributed by atoms with van der Waals surface area (Å²) in [6.07, 6.45) is 0.740. The SMILES string of the molecule is COC(=O)c1c[nH]c(=O)c([C@@H](CC(N)=O)c2ccc(OC)cc2OC)c1O. The predicted octanol–water partition coefficient (Wildman–Crippen LogP) is 0.892. The van der Waals surface area contributed by atoms with Crippen molar-refractivity contribution in [3.8, 4) is 17.2 Å². The van der Waals surface area contributed by atoms with E-state index in [4.69, 9.17) is 15.2 Å². The molecule has 0 aliphatic heterocycles. The van der Waals surface area contributed by atoms with Crippen molar-refractivity contribution in [1.82, 2.24) is 4.98 Å². The van der Waals surface area contributed by atoms with Crippen LogP contribution in [0.3, 0.4) is 0 Å². The van der Waals surface area contributed by atoms with Crippen molar-refractivity contribution in [1.29, 1.82) is 0 Å². The minimum atomic E-state index is -0.961. The van der Waals surface area contributed by atoms with Gasteiger partial charge in [0.05, 0.1) is 26.9 Å². The van der Waals surface area contributed by atoms with E-state index in [0.717, 1.165) is 13.3 Å². The van der Waals surface area contributed by atoms with Crippen molar-refractivity contribution in [2.75, 3.05) is 21.3 Å². The Labute approximate surface area is 154 Å². The fourth-order valence-electron chi connectivity index (χ4n) is 2.80. The van der Waals surface area contributed by atoms with Gasteiger partial charge in [-0.2, -0.15) is 0 Å². The maximum Gasteiger partial charge on any atom is 0.343 e. The highest BCUT2D eigenvalue weighted by Gasteiger charge is 2.29. The number of nitrogens with one attached hydrogen (secondary N) is 1. The predicted molar refractivity (Wildman–Crippen MR) is 95.3 cm³/mol. The highest BCUT2D eigenvalue weighted by atomic mass is 16.5. The third-order valence-corrected chi connectivity index (χ3v) is 4.08. The van der Waals surface area contributed by atoms with Gasteiger partial charge in [0.2, 0.25) is 5.91 Å². The van der Waals surface area contributed by atoms with Crippen molar-refractivity contribution >= 4 is 11.9 Å². The molecular formula is C18H20N2O7. The standard InChI is InChI=1S/C18H20N2O7/c1-25-9-4-5-10(13(6-9)26-2)11(7-14(19)21)15-16(22)12(18(24)27-3)8-20-17(15)23/h4-6,8,11H,7H2,1-3H3,(H2,19,21)(H2,20,22,23)/t11-/m0/s1. The molecule has 4 N–H and O–H groups in total. The first-order valence-corrected chi connectivity index (χ1v) is 7.87. The Kier molecular flexibility index (Phi) is 6.07. The minimum Gasteiger partial charge on any atom is -0.506 e. The summed E-state index contributed by atoms with van der Waals surface area (Å²) in [5.74, 6) is -2.28. The quantitative estimate of drug-likeness (QED) is 0.609. The van der Waals surface area contributed by atoms with Crippen LogP contribution in [-0.2, 0) is 9.53 Å². The van der Waals surface area contributed by atoms with Gasteiger partial charge in [0.1, 0.15) is 22.8 Å². The summed E-state index contributed by atoms with van der Waals surface area (Å²) in [5, 5.41) is 10.5. The Morgan fingerprint density at radius 2 is 1.93 bits per heavy atom. The van der Waals surface area contributed by atoms with E-state index in [1.54, 1.807) is 18.2 Å². The van der Waals surface area contributed by atoms with Gasteiger partial charge in [-0.25, -0.2) is 4.79 Å². The van der Waals surface area contributed by atoms with E-state index in [2.05, 4.69) is 9.72 Å². The molecule has 0 radical (unpaired) electrons. The number of aromatic hydroxyl groups is 1. The molecule has 0 saturated carbocycles. The number of ether oxygens (including phenoxy) is 3. The zero-order valence-corrected chi connectivity index (χ0v) is 15.1. The first-order chi connectivity index (χ1) is 12.8.